The molecule has 0 spiro atoms. The normalized spacial score (nSPS) is 12.3. The van der Waals surface area contributed by atoms with Crippen molar-refractivity contribution >= 4 is 23.2 Å². The highest BCUT2D eigenvalue weighted by molar-refractivity contribution is 6.30. The van der Waals surface area contributed by atoms with Crippen molar-refractivity contribution in [3.8, 4) is 0 Å². The lowest BCUT2D eigenvalue weighted by atomic mass is 10.2. The molecule has 0 aliphatic rings. The third kappa shape index (κ3) is 3.14. The molecule has 0 aliphatic carbocycles. The quantitative estimate of drug-likeness (QED) is 0.516. The minimum Gasteiger partial charge on any atom is -0.319 e. The van der Waals surface area contributed by atoms with Crippen LogP contribution in [-0.2, 0) is 4.79 Å². The predicted molar refractivity (Wildman–Crippen MR) is 71.4 cm³/mol. The summed E-state index contributed by atoms with van der Waals surface area (Å²) >= 11 is 5.66. The third-order valence-corrected chi connectivity index (χ3v) is 3.23. The highest BCUT2D eigenvalue weighted by atomic mass is 35.5. The molecule has 1 N–H and O–H groups in total. The maximum absolute atomic E-state index is 13.6. The minimum absolute atomic E-state index is 0.138. The molecular weight excluding hydrogens is 345 g/mol. The van der Waals surface area contributed by atoms with E-state index in [9.17, 15) is 26.7 Å². The van der Waals surface area contributed by atoms with Crippen molar-refractivity contribution in [2.24, 2.45) is 0 Å². The molecule has 10 heteroatoms. The summed E-state index contributed by atoms with van der Waals surface area (Å²) in [5.41, 5.74) is -1.41. The Hall–Kier alpha value is -2.16. The van der Waals surface area contributed by atoms with Gasteiger partial charge in [-0.1, -0.05) is 18.5 Å². The van der Waals surface area contributed by atoms with Crippen LogP contribution in [0.1, 0.15) is 19.4 Å². The zero-order valence-corrected chi connectivity index (χ0v) is 12.3. The summed E-state index contributed by atoms with van der Waals surface area (Å²) in [4.78, 5) is 12.1. The van der Waals surface area contributed by atoms with Crippen molar-refractivity contribution in [1.82, 2.24) is 9.78 Å². The number of carbonyl (C=O) groups is 1. The van der Waals surface area contributed by atoms with Crippen molar-refractivity contribution < 1.29 is 26.7 Å². The molecule has 1 aromatic heterocycles. The Morgan fingerprint density at radius 2 is 1.70 bits per heavy atom. The largest absolute Gasteiger partial charge is 0.319 e. The van der Waals surface area contributed by atoms with Crippen LogP contribution >= 0.6 is 11.6 Å². The van der Waals surface area contributed by atoms with Gasteiger partial charge in [0, 0.05) is 6.20 Å². The Balaban J connectivity index is 2.37. The van der Waals surface area contributed by atoms with Gasteiger partial charge in [0.2, 0.25) is 11.7 Å². The van der Waals surface area contributed by atoms with Crippen LogP contribution in [0, 0.1) is 29.1 Å². The first-order chi connectivity index (χ1) is 10.8. The van der Waals surface area contributed by atoms with Gasteiger partial charge < -0.3 is 5.32 Å². The van der Waals surface area contributed by atoms with E-state index in [1.807, 2.05) is 0 Å². The highest BCUT2D eigenvalue weighted by Crippen LogP contribution is 2.28. The Morgan fingerprint density at radius 3 is 2.13 bits per heavy atom. The standard InChI is InChI=1S/C13H9ClF5N3O/c1-2-6(22-4-5(14)3-20-22)13(23)21-12-10(18)8(16)7(15)9(17)11(12)19/h3-4,6H,2H2,1H3,(H,21,23). The van der Waals surface area contributed by atoms with E-state index < -0.39 is 46.7 Å². The summed E-state index contributed by atoms with van der Waals surface area (Å²) in [7, 11) is 0. The van der Waals surface area contributed by atoms with Gasteiger partial charge in [-0.05, 0) is 6.42 Å². The number of rotatable bonds is 4. The number of halogens is 6. The molecule has 0 saturated heterocycles. The maximum atomic E-state index is 13.6. The Kier molecular flexibility index (Phi) is 4.88. The van der Waals surface area contributed by atoms with Gasteiger partial charge in [0.25, 0.3) is 0 Å². The molecule has 1 heterocycles. The fourth-order valence-electron chi connectivity index (χ4n) is 1.90. The lowest BCUT2D eigenvalue weighted by molar-refractivity contribution is -0.119. The summed E-state index contributed by atoms with van der Waals surface area (Å²) in [6, 6.07) is -1.04. The number of benzene rings is 1. The van der Waals surface area contributed by atoms with Crippen LogP contribution in [0.25, 0.3) is 0 Å². The van der Waals surface area contributed by atoms with Gasteiger partial charge in [0.15, 0.2) is 23.3 Å². The van der Waals surface area contributed by atoms with Crippen LogP contribution in [0.4, 0.5) is 27.6 Å². The lowest BCUT2D eigenvalue weighted by Crippen LogP contribution is -2.27. The zero-order chi connectivity index (χ0) is 17.3. The molecule has 124 valence electrons. The molecule has 4 nitrogen and oxygen atoms in total. The highest BCUT2D eigenvalue weighted by Gasteiger charge is 2.29. The average molecular weight is 354 g/mol. The Labute approximate surface area is 131 Å². The van der Waals surface area contributed by atoms with E-state index in [1.165, 1.54) is 12.4 Å². The van der Waals surface area contributed by atoms with Crippen molar-refractivity contribution in [2.75, 3.05) is 5.32 Å². The zero-order valence-electron chi connectivity index (χ0n) is 11.5. The summed E-state index contributed by atoms with van der Waals surface area (Å²) in [5, 5.41) is 5.69. The minimum atomic E-state index is -2.30. The van der Waals surface area contributed by atoms with Crippen LogP contribution in [0.3, 0.4) is 0 Å². The van der Waals surface area contributed by atoms with Crippen molar-refractivity contribution in [3.05, 3.63) is 46.5 Å². The van der Waals surface area contributed by atoms with E-state index in [0.717, 1.165) is 4.68 Å². The van der Waals surface area contributed by atoms with Gasteiger partial charge in [0.05, 0.1) is 11.2 Å². The van der Waals surface area contributed by atoms with Crippen LogP contribution in [-0.4, -0.2) is 15.7 Å². The van der Waals surface area contributed by atoms with Crippen LogP contribution in [0.2, 0.25) is 5.02 Å². The molecule has 1 aromatic carbocycles. The fraction of sp³-hybridized carbons (Fsp3) is 0.231. The second kappa shape index (κ2) is 6.53. The van der Waals surface area contributed by atoms with Gasteiger partial charge in [-0.25, -0.2) is 22.0 Å². The molecule has 0 saturated carbocycles. The van der Waals surface area contributed by atoms with Crippen molar-refractivity contribution in [2.45, 2.75) is 19.4 Å². The molecule has 0 aliphatic heterocycles. The molecule has 0 radical (unpaired) electrons. The van der Waals surface area contributed by atoms with Crippen molar-refractivity contribution in [1.29, 1.82) is 0 Å². The second-order valence-corrected chi connectivity index (χ2v) is 4.93. The number of amides is 1. The molecule has 0 fully saturated rings. The summed E-state index contributed by atoms with van der Waals surface area (Å²) < 4.78 is 67.4. The molecule has 2 aromatic rings. The monoisotopic (exact) mass is 353 g/mol. The fourth-order valence-corrected chi connectivity index (χ4v) is 2.04. The second-order valence-electron chi connectivity index (χ2n) is 4.50. The molecule has 1 amide bonds. The van der Waals surface area contributed by atoms with Crippen molar-refractivity contribution in [3.63, 3.8) is 0 Å². The van der Waals surface area contributed by atoms with Gasteiger partial charge in [-0.15, -0.1) is 0 Å². The van der Waals surface area contributed by atoms with Gasteiger partial charge in [-0.3, -0.25) is 9.48 Å². The molecule has 1 atom stereocenters. The van der Waals surface area contributed by atoms with E-state index in [2.05, 4.69) is 5.10 Å². The number of nitrogens with zero attached hydrogens (tertiary/aromatic N) is 2. The molecule has 1 unspecified atom stereocenters. The first-order valence-corrected chi connectivity index (χ1v) is 6.67. The Bertz CT molecular complexity index is 735. The maximum Gasteiger partial charge on any atom is 0.249 e. The SMILES string of the molecule is CCC(C(=O)Nc1c(F)c(F)c(F)c(F)c1F)n1cc(Cl)cn1. The smallest absolute Gasteiger partial charge is 0.249 e. The van der Waals surface area contributed by atoms with E-state index in [-0.39, 0.29) is 11.4 Å². The lowest BCUT2D eigenvalue weighted by Gasteiger charge is -2.16. The van der Waals surface area contributed by atoms with Crippen LogP contribution in [0.5, 0.6) is 0 Å². The molecule has 23 heavy (non-hydrogen) atoms. The number of hydrogen-bond acceptors (Lipinski definition) is 2. The van der Waals surface area contributed by atoms with Gasteiger partial charge in [0.1, 0.15) is 11.7 Å². The first kappa shape index (κ1) is 17.2. The number of nitrogens with one attached hydrogen (secondary N) is 1. The number of anilines is 1. The average Bonchev–Trinajstić information content (AvgIpc) is 2.94. The van der Waals surface area contributed by atoms with Crippen LogP contribution in [0.15, 0.2) is 12.4 Å². The van der Waals surface area contributed by atoms with E-state index in [1.54, 1.807) is 12.2 Å². The van der Waals surface area contributed by atoms with Gasteiger partial charge >= 0.3 is 0 Å². The number of hydrogen-bond donors (Lipinski definition) is 1. The topological polar surface area (TPSA) is 46.9 Å². The summed E-state index contributed by atoms with van der Waals surface area (Å²) in [6.45, 7) is 1.57. The molecule has 2 rings (SSSR count). The first-order valence-electron chi connectivity index (χ1n) is 6.29. The van der Waals surface area contributed by atoms with E-state index in [4.69, 9.17) is 11.6 Å². The summed E-state index contributed by atoms with van der Waals surface area (Å²) in [5.74, 6) is -11.8. The number of aromatic nitrogens is 2. The third-order valence-electron chi connectivity index (χ3n) is 3.04. The molecule has 0 bridgehead atoms. The van der Waals surface area contributed by atoms with E-state index >= 15 is 0 Å². The van der Waals surface area contributed by atoms with Crippen LogP contribution < -0.4 is 5.32 Å². The summed E-state index contributed by atoms with van der Waals surface area (Å²) in [6.07, 6.45) is 2.66. The predicted octanol–water partition coefficient (Wildman–Crippen LogP) is 3.82. The van der Waals surface area contributed by atoms with E-state index in [0.29, 0.717) is 0 Å². The molecular formula is C13H9ClF5N3O. The Morgan fingerprint density at radius 1 is 1.17 bits per heavy atom. The number of carbonyl (C=O) groups excluding carboxylic acids is 1. The van der Waals surface area contributed by atoms with Gasteiger partial charge in [-0.2, -0.15) is 5.10 Å².